The average Bonchev–Trinajstić information content (AvgIpc) is 3.91. The number of carboxylic acid groups (broad SMARTS) is 1. The number of nitrogens with zero attached hydrogens (tertiary/aromatic N) is 5. The van der Waals surface area contributed by atoms with Crippen LogP contribution in [0.3, 0.4) is 0 Å². The molecule has 1 aliphatic heterocycles. The molecule has 1 aliphatic carbocycles. The molecule has 0 spiro atoms. The van der Waals surface area contributed by atoms with Gasteiger partial charge in [-0.05, 0) is 76.7 Å². The molecule has 2 aromatic carbocycles. The smallest absolute Gasteiger partial charge is 0.326 e. The van der Waals surface area contributed by atoms with Crippen molar-refractivity contribution in [2.75, 3.05) is 26.8 Å². The highest BCUT2D eigenvalue weighted by atomic mass is 79.9. The normalized spacial score (nSPS) is 15.6. The fourth-order valence-corrected chi connectivity index (χ4v) is 7.45. The lowest BCUT2D eigenvalue weighted by atomic mass is 9.94. The van der Waals surface area contributed by atoms with Gasteiger partial charge < -0.3 is 29.7 Å². The minimum Gasteiger partial charge on any atom is -0.480 e. The first kappa shape index (κ1) is 38.7. The predicted molar refractivity (Wildman–Crippen MR) is 213 cm³/mol. The topological polar surface area (TPSA) is 184 Å². The fourth-order valence-electron chi connectivity index (χ4n) is 6.67. The molecule has 7 rings (SSSR count). The highest BCUT2D eigenvalue weighted by Crippen LogP contribution is 2.45. The fraction of sp³-hybridized carbons (Fsp3) is 0.268. The van der Waals surface area contributed by atoms with Crippen molar-refractivity contribution in [3.05, 3.63) is 116 Å². The number of nitrogens with one attached hydrogen (secondary N) is 2. The van der Waals surface area contributed by atoms with Gasteiger partial charge in [0, 0.05) is 47.7 Å². The lowest BCUT2D eigenvalue weighted by Crippen LogP contribution is -2.52. The molecule has 0 saturated heterocycles. The van der Waals surface area contributed by atoms with Crippen LogP contribution in [0, 0.1) is 11.3 Å². The molecule has 13 nitrogen and oxygen atoms in total. The van der Waals surface area contributed by atoms with Gasteiger partial charge in [-0.3, -0.25) is 20.1 Å². The summed E-state index contributed by atoms with van der Waals surface area (Å²) in [6.45, 7) is 2.28. The number of pyridine rings is 3. The number of hydrogen-bond acceptors (Lipinski definition) is 12. The third-order valence-corrected chi connectivity index (χ3v) is 10.7. The molecule has 0 unspecified atom stereocenters. The van der Waals surface area contributed by atoms with E-state index in [4.69, 9.17) is 35.8 Å². The van der Waals surface area contributed by atoms with E-state index in [2.05, 4.69) is 48.7 Å². The number of methoxy groups -OCH3 is 1. The van der Waals surface area contributed by atoms with Crippen molar-refractivity contribution in [1.82, 2.24) is 25.6 Å². The van der Waals surface area contributed by atoms with Crippen LogP contribution in [-0.2, 0) is 24.4 Å². The van der Waals surface area contributed by atoms with Crippen LogP contribution in [0.15, 0.2) is 82.5 Å². The predicted octanol–water partition coefficient (Wildman–Crippen LogP) is 6.42. The van der Waals surface area contributed by atoms with Gasteiger partial charge in [-0.2, -0.15) is 10.2 Å². The van der Waals surface area contributed by atoms with E-state index in [0.29, 0.717) is 50.7 Å². The highest BCUT2D eigenvalue weighted by Gasteiger charge is 2.33. The van der Waals surface area contributed by atoms with E-state index in [1.54, 1.807) is 25.4 Å². The van der Waals surface area contributed by atoms with Crippen molar-refractivity contribution in [3.63, 3.8) is 0 Å². The summed E-state index contributed by atoms with van der Waals surface area (Å²) < 4.78 is 18.9. The summed E-state index contributed by atoms with van der Waals surface area (Å²) >= 11 is 10.8. The molecule has 286 valence electrons. The largest absolute Gasteiger partial charge is 0.480 e. The number of amidine groups is 1. The maximum absolute atomic E-state index is 11.9. The number of hydrogen-bond donors (Lipinski definition) is 4. The number of halogens is 2. The standard InChI is InChI=1S/C41H37BrClN7O6/c1-41(22-51,40(52)53)48-20-25-16-32(42)39(50-37(25)55-21-24-15-23(17-44)18-45-19-24)56-34-12-10-27-26(5-3-6-28(27)34)29-7-4-8-30(35(29)43)33-11-9-31(38(49-33)54-2)36-46-13-14-47-36/h3-9,11,15-16,18-19,34,48,51H,10,12-14,20-22H2,1-2H3,(H,46,47)(H,52,53)/t34-,41-/m0/s1. The minimum absolute atomic E-state index is 0.00937. The Hall–Kier alpha value is -5.59. The summed E-state index contributed by atoms with van der Waals surface area (Å²) in [7, 11) is 1.59. The summed E-state index contributed by atoms with van der Waals surface area (Å²) in [4.78, 5) is 30.1. The number of fused-ring (bicyclic) bond motifs is 1. The van der Waals surface area contributed by atoms with Gasteiger partial charge >= 0.3 is 5.97 Å². The van der Waals surface area contributed by atoms with Gasteiger partial charge in [-0.25, -0.2) is 4.98 Å². The third-order valence-electron chi connectivity index (χ3n) is 9.76. The van der Waals surface area contributed by atoms with Crippen molar-refractivity contribution >= 4 is 39.3 Å². The second kappa shape index (κ2) is 16.6. The summed E-state index contributed by atoms with van der Waals surface area (Å²) in [5.74, 6) is 0.480. The zero-order valence-corrected chi connectivity index (χ0v) is 32.8. The Bertz CT molecular complexity index is 2390. The number of aliphatic hydroxyl groups is 1. The number of carboxylic acids is 1. The quantitative estimate of drug-likeness (QED) is 0.0964. The Balaban J connectivity index is 1.17. The van der Waals surface area contributed by atoms with Crippen LogP contribution in [0.2, 0.25) is 5.02 Å². The van der Waals surface area contributed by atoms with Crippen molar-refractivity contribution in [2.24, 2.45) is 4.99 Å². The van der Waals surface area contributed by atoms with Crippen molar-refractivity contribution in [2.45, 2.75) is 44.6 Å². The molecule has 0 amide bonds. The minimum atomic E-state index is -1.60. The van der Waals surface area contributed by atoms with E-state index in [1.165, 1.54) is 13.1 Å². The maximum Gasteiger partial charge on any atom is 0.326 e. The maximum atomic E-state index is 11.9. The van der Waals surface area contributed by atoms with E-state index in [0.717, 1.165) is 52.2 Å². The van der Waals surface area contributed by atoms with E-state index in [9.17, 15) is 20.3 Å². The molecule has 0 fully saturated rings. The summed E-state index contributed by atoms with van der Waals surface area (Å²) in [6.07, 6.45) is 4.10. The molecular weight excluding hydrogens is 802 g/mol. The lowest BCUT2D eigenvalue weighted by Gasteiger charge is -2.24. The van der Waals surface area contributed by atoms with E-state index in [1.807, 2.05) is 42.5 Å². The number of benzene rings is 2. The Morgan fingerprint density at radius 2 is 1.88 bits per heavy atom. The first-order chi connectivity index (χ1) is 27.1. The second-order valence-corrected chi connectivity index (χ2v) is 14.7. The van der Waals surface area contributed by atoms with Crippen LogP contribution in [-0.4, -0.2) is 69.3 Å². The number of ether oxygens (including phenoxy) is 3. The van der Waals surface area contributed by atoms with Gasteiger partial charge in [0.05, 0.1) is 46.6 Å². The molecule has 0 saturated carbocycles. The van der Waals surface area contributed by atoms with E-state index in [-0.39, 0.29) is 31.0 Å². The molecule has 4 heterocycles. The number of aliphatic hydroxyl groups excluding tert-OH is 1. The van der Waals surface area contributed by atoms with Crippen LogP contribution >= 0.6 is 27.5 Å². The molecule has 15 heteroatoms. The van der Waals surface area contributed by atoms with Crippen molar-refractivity contribution < 1.29 is 29.2 Å². The summed E-state index contributed by atoms with van der Waals surface area (Å²) in [5, 5.41) is 35.6. The van der Waals surface area contributed by atoms with Crippen LogP contribution in [0.4, 0.5) is 0 Å². The van der Waals surface area contributed by atoms with Crippen LogP contribution in [0.25, 0.3) is 22.4 Å². The molecule has 3 aromatic heterocycles. The Kier molecular flexibility index (Phi) is 11.5. The number of nitriles is 1. The Morgan fingerprint density at radius 1 is 1.07 bits per heavy atom. The van der Waals surface area contributed by atoms with Crippen molar-refractivity contribution in [3.8, 4) is 46.1 Å². The van der Waals surface area contributed by atoms with Crippen LogP contribution in [0.5, 0.6) is 17.6 Å². The first-order valence-electron chi connectivity index (χ1n) is 17.8. The van der Waals surface area contributed by atoms with E-state index < -0.39 is 18.1 Å². The summed E-state index contributed by atoms with van der Waals surface area (Å²) in [6, 6.07) is 21.3. The zero-order chi connectivity index (χ0) is 39.4. The average molecular weight is 839 g/mol. The molecule has 2 aliphatic rings. The Labute approximate surface area is 336 Å². The molecule has 2 atom stereocenters. The number of aromatic nitrogens is 3. The summed E-state index contributed by atoms with van der Waals surface area (Å²) in [5.41, 5.74) is 6.15. The highest BCUT2D eigenvalue weighted by molar-refractivity contribution is 9.10. The molecule has 56 heavy (non-hydrogen) atoms. The lowest BCUT2D eigenvalue weighted by molar-refractivity contribution is -0.145. The van der Waals surface area contributed by atoms with Gasteiger partial charge in [0.15, 0.2) is 0 Å². The second-order valence-electron chi connectivity index (χ2n) is 13.5. The number of aliphatic carboxylic acids is 1. The van der Waals surface area contributed by atoms with Gasteiger partial charge in [-0.1, -0.05) is 48.0 Å². The number of carbonyl (C=O) groups is 1. The SMILES string of the molecule is COc1nc(-c2cccc(-c3cccc4c3CC[C@@H]4Oc3nc(OCc4cncc(C#N)c4)c(CN[C@@](C)(CO)C(=O)O)cc3Br)c2Cl)ccc1C1=NCCN1. The van der Waals surface area contributed by atoms with E-state index >= 15 is 0 Å². The van der Waals surface area contributed by atoms with Gasteiger partial charge in [0.25, 0.3) is 0 Å². The molecule has 5 aromatic rings. The van der Waals surface area contributed by atoms with Crippen LogP contribution in [0.1, 0.15) is 52.8 Å². The van der Waals surface area contributed by atoms with Gasteiger partial charge in [0.2, 0.25) is 17.6 Å². The Morgan fingerprint density at radius 3 is 2.62 bits per heavy atom. The number of rotatable bonds is 14. The van der Waals surface area contributed by atoms with Gasteiger partial charge in [0.1, 0.15) is 30.2 Å². The van der Waals surface area contributed by atoms with Gasteiger partial charge in [-0.15, -0.1) is 0 Å². The monoisotopic (exact) mass is 837 g/mol. The first-order valence-corrected chi connectivity index (χ1v) is 19.0. The third kappa shape index (κ3) is 7.89. The zero-order valence-electron chi connectivity index (χ0n) is 30.5. The molecule has 0 radical (unpaired) electrons. The molecular formula is C41H37BrClN7O6. The van der Waals surface area contributed by atoms with Crippen molar-refractivity contribution in [1.29, 1.82) is 5.26 Å². The molecule has 0 bridgehead atoms. The molecule has 4 N–H and O–H groups in total. The van der Waals surface area contributed by atoms with Crippen LogP contribution < -0.4 is 24.8 Å². The number of aliphatic imine (C=N–C) groups is 1.